The molecule has 0 bridgehead atoms. The molecule has 0 heterocycles. The van der Waals surface area contributed by atoms with E-state index in [1.54, 1.807) is 6.92 Å². The zero-order valence-electron chi connectivity index (χ0n) is 15.1. The van der Waals surface area contributed by atoms with Gasteiger partial charge in [-0.05, 0) is 50.9 Å². The van der Waals surface area contributed by atoms with E-state index in [0.717, 1.165) is 24.7 Å². The quantitative estimate of drug-likeness (QED) is 0.268. The number of rotatable bonds is 13. The molecule has 0 saturated carbocycles. The van der Waals surface area contributed by atoms with Crippen LogP contribution in [0.4, 0.5) is 0 Å². The van der Waals surface area contributed by atoms with Gasteiger partial charge in [0.25, 0.3) is 0 Å². The SMILES string of the molecule is CCCCCCC1C=CC(CCCCCCCC(C)=O)CC1. The summed E-state index contributed by atoms with van der Waals surface area (Å²) in [6.07, 6.45) is 23.4. The second kappa shape index (κ2) is 12.9. The van der Waals surface area contributed by atoms with Crippen LogP contribution in [0.2, 0.25) is 0 Å². The molecule has 0 aromatic carbocycles. The second-order valence-corrected chi connectivity index (χ2v) is 7.34. The van der Waals surface area contributed by atoms with Crippen molar-refractivity contribution >= 4 is 5.78 Å². The lowest BCUT2D eigenvalue weighted by atomic mass is 9.83. The highest BCUT2D eigenvalue weighted by atomic mass is 16.1. The molecular formula is C21H38O. The van der Waals surface area contributed by atoms with Crippen LogP contribution in [0.15, 0.2) is 12.2 Å². The Morgan fingerprint density at radius 1 is 0.818 bits per heavy atom. The number of carbonyl (C=O) groups excluding carboxylic acids is 1. The van der Waals surface area contributed by atoms with Gasteiger partial charge in [-0.15, -0.1) is 0 Å². The summed E-state index contributed by atoms with van der Waals surface area (Å²) >= 11 is 0. The van der Waals surface area contributed by atoms with Crippen molar-refractivity contribution in [2.75, 3.05) is 0 Å². The molecule has 0 aromatic heterocycles. The number of carbonyl (C=O) groups is 1. The molecule has 0 spiro atoms. The zero-order chi connectivity index (χ0) is 16.0. The molecule has 0 fully saturated rings. The summed E-state index contributed by atoms with van der Waals surface area (Å²) in [4.78, 5) is 10.9. The summed E-state index contributed by atoms with van der Waals surface area (Å²) < 4.78 is 0. The molecule has 1 rings (SSSR count). The van der Waals surface area contributed by atoms with E-state index >= 15 is 0 Å². The van der Waals surface area contributed by atoms with E-state index in [1.807, 2.05) is 0 Å². The van der Waals surface area contributed by atoms with Gasteiger partial charge in [0.2, 0.25) is 0 Å². The highest BCUT2D eigenvalue weighted by Crippen LogP contribution is 2.29. The molecule has 22 heavy (non-hydrogen) atoms. The summed E-state index contributed by atoms with van der Waals surface area (Å²) in [7, 11) is 0. The third-order valence-corrected chi connectivity index (χ3v) is 5.10. The molecule has 0 saturated heterocycles. The monoisotopic (exact) mass is 306 g/mol. The molecular weight excluding hydrogens is 268 g/mol. The first-order chi connectivity index (χ1) is 10.7. The smallest absolute Gasteiger partial charge is 0.129 e. The van der Waals surface area contributed by atoms with Crippen molar-refractivity contribution in [3.63, 3.8) is 0 Å². The van der Waals surface area contributed by atoms with Crippen LogP contribution in [0.1, 0.15) is 104 Å². The lowest BCUT2D eigenvalue weighted by molar-refractivity contribution is -0.117. The minimum atomic E-state index is 0.344. The van der Waals surface area contributed by atoms with Crippen LogP contribution < -0.4 is 0 Å². The molecule has 1 heteroatoms. The third-order valence-electron chi connectivity index (χ3n) is 5.10. The number of unbranched alkanes of at least 4 members (excludes halogenated alkanes) is 7. The van der Waals surface area contributed by atoms with Gasteiger partial charge in [0, 0.05) is 6.42 Å². The molecule has 2 unspecified atom stereocenters. The van der Waals surface area contributed by atoms with E-state index in [4.69, 9.17) is 0 Å². The molecule has 0 radical (unpaired) electrons. The maximum Gasteiger partial charge on any atom is 0.129 e. The Morgan fingerprint density at radius 3 is 1.82 bits per heavy atom. The van der Waals surface area contributed by atoms with Gasteiger partial charge in [0.1, 0.15) is 5.78 Å². The maximum absolute atomic E-state index is 10.9. The molecule has 128 valence electrons. The van der Waals surface area contributed by atoms with Gasteiger partial charge in [0.05, 0.1) is 0 Å². The van der Waals surface area contributed by atoms with Gasteiger partial charge < -0.3 is 4.79 Å². The highest BCUT2D eigenvalue weighted by molar-refractivity contribution is 5.75. The first kappa shape index (κ1) is 19.5. The minimum Gasteiger partial charge on any atom is -0.300 e. The van der Waals surface area contributed by atoms with Gasteiger partial charge >= 0.3 is 0 Å². The normalized spacial score (nSPS) is 21.2. The lowest BCUT2D eigenvalue weighted by Gasteiger charge is -2.22. The van der Waals surface area contributed by atoms with Crippen molar-refractivity contribution in [2.45, 2.75) is 104 Å². The average molecular weight is 307 g/mol. The van der Waals surface area contributed by atoms with Gasteiger partial charge in [-0.3, -0.25) is 0 Å². The standard InChI is InChI=1S/C21H38O/c1-3-4-5-10-13-20-15-17-21(18-16-20)14-11-8-6-7-9-12-19(2)22/h15,17,20-21H,3-14,16,18H2,1-2H3. The maximum atomic E-state index is 10.9. The van der Waals surface area contributed by atoms with Crippen molar-refractivity contribution in [2.24, 2.45) is 11.8 Å². The molecule has 1 nitrogen and oxygen atoms in total. The first-order valence-corrected chi connectivity index (χ1v) is 9.90. The summed E-state index contributed by atoms with van der Waals surface area (Å²) in [5.74, 6) is 2.07. The Morgan fingerprint density at radius 2 is 1.32 bits per heavy atom. The van der Waals surface area contributed by atoms with Crippen LogP contribution >= 0.6 is 0 Å². The summed E-state index contributed by atoms with van der Waals surface area (Å²) in [5, 5.41) is 0. The molecule has 0 aromatic rings. The Bertz CT molecular complexity index is 305. The second-order valence-electron chi connectivity index (χ2n) is 7.34. The molecule has 2 atom stereocenters. The molecule has 1 aliphatic rings. The fraction of sp³-hybridized carbons (Fsp3) is 0.857. The fourth-order valence-electron chi connectivity index (χ4n) is 3.56. The fourth-order valence-corrected chi connectivity index (χ4v) is 3.56. The van der Waals surface area contributed by atoms with Crippen LogP contribution in [-0.2, 0) is 4.79 Å². The van der Waals surface area contributed by atoms with Crippen LogP contribution in [0.25, 0.3) is 0 Å². The van der Waals surface area contributed by atoms with E-state index < -0.39 is 0 Å². The van der Waals surface area contributed by atoms with Gasteiger partial charge in [-0.1, -0.05) is 70.4 Å². The molecule has 0 amide bonds. The Balaban J connectivity index is 1.96. The minimum absolute atomic E-state index is 0.344. The van der Waals surface area contributed by atoms with E-state index in [-0.39, 0.29) is 0 Å². The number of hydrogen-bond donors (Lipinski definition) is 0. The van der Waals surface area contributed by atoms with Crippen molar-refractivity contribution in [1.29, 1.82) is 0 Å². The molecule has 1 aliphatic carbocycles. The third kappa shape index (κ3) is 10.2. The van der Waals surface area contributed by atoms with Gasteiger partial charge in [0.15, 0.2) is 0 Å². The number of allylic oxidation sites excluding steroid dienone is 2. The number of hydrogen-bond acceptors (Lipinski definition) is 1. The van der Waals surface area contributed by atoms with Crippen molar-refractivity contribution in [3.8, 4) is 0 Å². The average Bonchev–Trinajstić information content (AvgIpc) is 2.51. The predicted octanol–water partition coefficient (Wildman–Crippen LogP) is 6.86. The Kier molecular flexibility index (Phi) is 11.4. The Labute approximate surface area is 139 Å². The van der Waals surface area contributed by atoms with Crippen molar-refractivity contribution in [1.82, 2.24) is 0 Å². The molecule has 0 aliphatic heterocycles. The topological polar surface area (TPSA) is 17.1 Å². The van der Waals surface area contributed by atoms with E-state index in [1.165, 1.54) is 77.0 Å². The van der Waals surface area contributed by atoms with Gasteiger partial charge in [-0.2, -0.15) is 0 Å². The van der Waals surface area contributed by atoms with Crippen LogP contribution in [0, 0.1) is 11.8 Å². The summed E-state index contributed by atoms with van der Waals surface area (Å²) in [5.41, 5.74) is 0. The van der Waals surface area contributed by atoms with Crippen LogP contribution in [-0.4, -0.2) is 5.78 Å². The van der Waals surface area contributed by atoms with Crippen molar-refractivity contribution in [3.05, 3.63) is 12.2 Å². The Hall–Kier alpha value is -0.590. The molecule has 0 N–H and O–H groups in total. The zero-order valence-corrected chi connectivity index (χ0v) is 15.1. The van der Waals surface area contributed by atoms with Crippen LogP contribution in [0.5, 0.6) is 0 Å². The lowest BCUT2D eigenvalue weighted by Crippen LogP contribution is -2.08. The predicted molar refractivity (Wildman–Crippen MR) is 97.1 cm³/mol. The first-order valence-electron chi connectivity index (χ1n) is 9.90. The van der Waals surface area contributed by atoms with E-state index in [2.05, 4.69) is 19.1 Å². The van der Waals surface area contributed by atoms with Gasteiger partial charge in [-0.25, -0.2) is 0 Å². The van der Waals surface area contributed by atoms with Crippen molar-refractivity contribution < 1.29 is 4.79 Å². The van der Waals surface area contributed by atoms with Crippen LogP contribution in [0.3, 0.4) is 0 Å². The van der Waals surface area contributed by atoms with E-state index in [9.17, 15) is 4.79 Å². The number of ketones is 1. The van der Waals surface area contributed by atoms with E-state index in [0.29, 0.717) is 5.78 Å². The highest BCUT2D eigenvalue weighted by Gasteiger charge is 2.15. The number of Topliss-reactive ketones (excluding diaryl/α,β-unsaturated/α-hetero) is 1. The summed E-state index contributed by atoms with van der Waals surface area (Å²) in [6, 6.07) is 0. The largest absolute Gasteiger partial charge is 0.300 e. The summed E-state index contributed by atoms with van der Waals surface area (Å²) in [6.45, 7) is 3.99.